The Bertz CT molecular complexity index is 1530. The van der Waals surface area contributed by atoms with Gasteiger partial charge in [-0.05, 0) is 64.8 Å². The smallest absolute Gasteiger partial charge is 0.410 e. The molecule has 36 heavy (non-hydrogen) atoms. The van der Waals surface area contributed by atoms with Crippen molar-refractivity contribution in [3.05, 3.63) is 53.2 Å². The molecule has 184 valence electrons. The molecular formula is C26H26FN7O2. The molecule has 0 atom stereocenters. The fourth-order valence-electron chi connectivity index (χ4n) is 4.46. The number of nitriles is 1. The Labute approximate surface area is 207 Å². The third-order valence-corrected chi connectivity index (χ3v) is 6.20. The van der Waals surface area contributed by atoms with Crippen LogP contribution in [0.25, 0.3) is 27.8 Å². The monoisotopic (exact) mass is 487 g/mol. The molecule has 0 aliphatic carbocycles. The molecule has 0 spiro atoms. The van der Waals surface area contributed by atoms with Gasteiger partial charge in [0.2, 0.25) is 0 Å². The lowest BCUT2D eigenvalue weighted by molar-refractivity contribution is 0.0204. The molecule has 4 aromatic rings. The second kappa shape index (κ2) is 8.82. The van der Waals surface area contributed by atoms with E-state index >= 15 is 4.39 Å². The van der Waals surface area contributed by atoms with E-state index in [9.17, 15) is 10.1 Å². The Hall–Kier alpha value is -4.13. The maximum Gasteiger partial charge on any atom is 0.410 e. The first-order chi connectivity index (χ1) is 17.1. The number of aryl methyl sites for hydroxylation is 1. The van der Waals surface area contributed by atoms with Crippen LogP contribution in [0.2, 0.25) is 0 Å². The van der Waals surface area contributed by atoms with E-state index in [1.807, 2.05) is 27.7 Å². The summed E-state index contributed by atoms with van der Waals surface area (Å²) in [6.45, 7) is 8.45. The number of benzene rings is 1. The van der Waals surface area contributed by atoms with Gasteiger partial charge in [-0.1, -0.05) is 0 Å². The lowest BCUT2D eigenvalue weighted by atomic mass is 9.92. The minimum Gasteiger partial charge on any atom is -0.444 e. The SMILES string of the molecule is Cc1cn2nc(-c3cc(F)c4cc(C5CCN(C(=O)OC(C)(C)C)CC5)nnc4c3)cc(C#N)c2n1. The molecule has 4 heterocycles. The van der Waals surface area contributed by atoms with Crippen LogP contribution in [-0.4, -0.2) is 54.5 Å². The molecule has 0 saturated carbocycles. The first-order valence-corrected chi connectivity index (χ1v) is 11.8. The van der Waals surface area contributed by atoms with Crippen LogP contribution in [0, 0.1) is 24.1 Å². The number of hydrogen-bond acceptors (Lipinski definition) is 7. The molecule has 10 heteroatoms. The Balaban J connectivity index is 1.40. The van der Waals surface area contributed by atoms with Crippen molar-refractivity contribution in [3.63, 3.8) is 0 Å². The first-order valence-electron chi connectivity index (χ1n) is 11.8. The second-order valence-corrected chi connectivity index (χ2v) is 10.1. The van der Waals surface area contributed by atoms with Gasteiger partial charge in [-0.2, -0.15) is 20.6 Å². The molecule has 1 aliphatic heterocycles. The number of ether oxygens (including phenoxy) is 1. The predicted molar refractivity (Wildman–Crippen MR) is 131 cm³/mol. The van der Waals surface area contributed by atoms with Crippen LogP contribution in [-0.2, 0) is 4.74 Å². The highest BCUT2D eigenvalue weighted by Crippen LogP contribution is 2.31. The lowest BCUT2D eigenvalue weighted by Crippen LogP contribution is -2.41. The number of amides is 1. The predicted octanol–water partition coefficient (Wildman–Crippen LogP) is 4.77. The van der Waals surface area contributed by atoms with Crippen molar-refractivity contribution in [2.24, 2.45) is 0 Å². The molecule has 1 amide bonds. The molecule has 3 aromatic heterocycles. The lowest BCUT2D eigenvalue weighted by Gasteiger charge is -2.33. The number of piperidine rings is 1. The third-order valence-electron chi connectivity index (χ3n) is 6.20. The van der Waals surface area contributed by atoms with Gasteiger partial charge in [-0.15, -0.1) is 0 Å². The maximum atomic E-state index is 15.3. The summed E-state index contributed by atoms with van der Waals surface area (Å²) in [5.74, 6) is -0.363. The summed E-state index contributed by atoms with van der Waals surface area (Å²) < 4.78 is 22.2. The van der Waals surface area contributed by atoms with Crippen LogP contribution in [0.4, 0.5) is 9.18 Å². The number of halogens is 1. The fourth-order valence-corrected chi connectivity index (χ4v) is 4.46. The number of nitrogens with zero attached hydrogens (tertiary/aromatic N) is 7. The molecule has 0 bridgehead atoms. The van der Waals surface area contributed by atoms with Crippen molar-refractivity contribution in [1.82, 2.24) is 29.7 Å². The highest BCUT2D eigenvalue weighted by molar-refractivity contribution is 5.84. The van der Waals surface area contributed by atoms with E-state index in [4.69, 9.17) is 4.74 Å². The van der Waals surface area contributed by atoms with Crippen LogP contribution in [0.1, 0.15) is 56.5 Å². The highest BCUT2D eigenvalue weighted by Gasteiger charge is 2.28. The zero-order chi connectivity index (χ0) is 25.6. The second-order valence-electron chi connectivity index (χ2n) is 10.1. The van der Waals surface area contributed by atoms with Gasteiger partial charge in [0.15, 0.2) is 5.65 Å². The number of rotatable bonds is 2. The average Bonchev–Trinajstić information content (AvgIpc) is 3.22. The number of imidazole rings is 1. The molecule has 5 rings (SSSR count). The highest BCUT2D eigenvalue weighted by atomic mass is 19.1. The number of aromatic nitrogens is 5. The van der Waals surface area contributed by atoms with Crippen molar-refractivity contribution in [1.29, 1.82) is 5.26 Å². The summed E-state index contributed by atoms with van der Waals surface area (Å²) in [5.41, 5.74) is 3.06. The molecule has 9 nitrogen and oxygen atoms in total. The molecule has 0 N–H and O–H groups in total. The molecular weight excluding hydrogens is 461 g/mol. The summed E-state index contributed by atoms with van der Waals surface area (Å²) in [5, 5.41) is 23.1. The molecule has 1 aromatic carbocycles. The number of fused-ring (bicyclic) bond motifs is 2. The summed E-state index contributed by atoms with van der Waals surface area (Å²) in [7, 11) is 0. The molecule has 0 unspecified atom stereocenters. The van der Waals surface area contributed by atoms with Gasteiger partial charge in [0.25, 0.3) is 0 Å². The summed E-state index contributed by atoms with van der Waals surface area (Å²) >= 11 is 0. The normalized spacial score (nSPS) is 14.8. The van der Waals surface area contributed by atoms with E-state index in [1.165, 1.54) is 10.6 Å². The Morgan fingerprint density at radius 1 is 1.17 bits per heavy atom. The van der Waals surface area contributed by atoms with Gasteiger partial charge >= 0.3 is 6.09 Å². The van der Waals surface area contributed by atoms with Crippen molar-refractivity contribution in [2.45, 2.75) is 52.1 Å². The van der Waals surface area contributed by atoms with E-state index in [0.717, 1.165) is 5.69 Å². The molecule has 0 radical (unpaired) electrons. The maximum absolute atomic E-state index is 15.3. The Kier molecular flexibility index (Phi) is 5.79. The fraction of sp³-hybridized carbons (Fsp3) is 0.385. The van der Waals surface area contributed by atoms with E-state index < -0.39 is 11.4 Å². The summed E-state index contributed by atoms with van der Waals surface area (Å²) in [4.78, 5) is 18.4. The van der Waals surface area contributed by atoms with Crippen molar-refractivity contribution < 1.29 is 13.9 Å². The molecule has 1 saturated heterocycles. The summed E-state index contributed by atoms with van der Waals surface area (Å²) in [6, 6.07) is 8.60. The van der Waals surface area contributed by atoms with Crippen molar-refractivity contribution in [2.75, 3.05) is 13.1 Å². The van der Waals surface area contributed by atoms with Gasteiger partial charge < -0.3 is 9.64 Å². The minimum absolute atomic E-state index is 0.0754. The largest absolute Gasteiger partial charge is 0.444 e. The standard InChI is InChI=1S/C26H26FN7O2/c1-15-14-34-24(29-15)18(13-28)11-22(32-34)17-9-20(27)19-12-21(30-31-23(19)10-17)16-5-7-33(8-6-16)25(35)36-26(2,3)4/h9-12,14,16H,5-8H2,1-4H3. The molecule has 1 aliphatic rings. The van der Waals surface area contributed by atoms with Gasteiger partial charge in [-0.25, -0.2) is 18.7 Å². The van der Waals surface area contributed by atoms with Crippen LogP contribution >= 0.6 is 0 Å². The summed E-state index contributed by atoms with van der Waals surface area (Å²) in [6.07, 6.45) is 2.80. The zero-order valence-corrected chi connectivity index (χ0v) is 20.6. The van der Waals surface area contributed by atoms with Crippen LogP contribution in [0.5, 0.6) is 0 Å². The number of likely N-dealkylation sites (tertiary alicyclic amines) is 1. The molecule has 1 fully saturated rings. The van der Waals surface area contributed by atoms with E-state index in [-0.39, 0.29) is 12.0 Å². The number of hydrogen-bond donors (Lipinski definition) is 0. The Morgan fingerprint density at radius 3 is 2.61 bits per heavy atom. The van der Waals surface area contributed by atoms with E-state index in [2.05, 4.69) is 26.3 Å². The number of carbonyl (C=O) groups excluding carboxylic acids is 1. The van der Waals surface area contributed by atoms with Crippen molar-refractivity contribution >= 4 is 22.6 Å². The van der Waals surface area contributed by atoms with Crippen LogP contribution in [0.3, 0.4) is 0 Å². The van der Waals surface area contributed by atoms with Crippen LogP contribution in [0.15, 0.2) is 30.5 Å². The average molecular weight is 488 g/mol. The quantitative estimate of drug-likeness (QED) is 0.400. The third kappa shape index (κ3) is 4.56. The van der Waals surface area contributed by atoms with E-state index in [1.54, 1.807) is 29.3 Å². The zero-order valence-electron chi connectivity index (χ0n) is 20.6. The van der Waals surface area contributed by atoms with Gasteiger partial charge in [0.1, 0.15) is 17.5 Å². The van der Waals surface area contributed by atoms with Crippen LogP contribution < -0.4 is 0 Å². The topological polar surface area (TPSA) is 109 Å². The van der Waals surface area contributed by atoms with E-state index in [0.29, 0.717) is 65.0 Å². The van der Waals surface area contributed by atoms with Crippen molar-refractivity contribution in [3.8, 4) is 17.3 Å². The minimum atomic E-state index is -0.538. The first kappa shape index (κ1) is 23.6. The van der Waals surface area contributed by atoms with Gasteiger partial charge in [0, 0.05) is 30.0 Å². The van der Waals surface area contributed by atoms with Gasteiger partial charge in [-0.3, -0.25) is 0 Å². The Morgan fingerprint density at radius 2 is 1.92 bits per heavy atom. The number of carbonyl (C=O) groups is 1. The van der Waals surface area contributed by atoms with Gasteiger partial charge in [0.05, 0.1) is 34.4 Å².